The van der Waals surface area contributed by atoms with Crippen LogP contribution in [0.25, 0.3) is 0 Å². The molecule has 0 bridgehead atoms. The number of nitrogens with zero attached hydrogens (tertiary/aromatic N) is 2. The van der Waals surface area contributed by atoms with Gasteiger partial charge in [0.25, 0.3) is 0 Å². The van der Waals surface area contributed by atoms with E-state index in [1.165, 1.54) is 4.90 Å². The van der Waals surface area contributed by atoms with E-state index in [0.717, 1.165) is 32.4 Å². The number of carbonyl (C=O) groups is 2. The van der Waals surface area contributed by atoms with E-state index in [4.69, 9.17) is 5.11 Å². The molecular formula is C10H16N2O3. The first kappa shape index (κ1) is 10.3. The average molecular weight is 212 g/mol. The van der Waals surface area contributed by atoms with Crippen molar-refractivity contribution in [1.82, 2.24) is 9.80 Å². The number of carbonyl (C=O) groups excluding carboxylic acids is 1. The monoisotopic (exact) mass is 212 g/mol. The predicted molar refractivity (Wildman–Crippen MR) is 53.6 cm³/mol. The zero-order valence-corrected chi connectivity index (χ0v) is 8.69. The van der Waals surface area contributed by atoms with Crippen molar-refractivity contribution in [3.8, 4) is 0 Å². The number of aliphatic carboxylic acids is 1. The summed E-state index contributed by atoms with van der Waals surface area (Å²) in [4.78, 5) is 26.1. The summed E-state index contributed by atoms with van der Waals surface area (Å²) in [5, 5.41) is 8.96. The van der Waals surface area contributed by atoms with Crippen molar-refractivity contribution >= 4 is 12.0 Å². The molecule has 1 unspecified atom stereocenters. The lowest BCUT2D eigenvalue weighted by molar-refractivity contribution is -0.141. The van der Waals surface area contributed by atoms with Gasteiger partial charge in [-0.15, -0.1) is 0 Å². The molecule has 0 radical (unpaired) electrons. The van der Waals surface area contributed by atoms with Crippen LogP contribution in [0, 0.1) is 0 Å². The van der Waals surface area contributed by atoms with Crippen LogP contribution in [-0.4, -0.2) is 52.6 Å². The first-order valence-corrected chi connectivity index (χ1v) is 5.48. The maximum absolute atomic E-state index is 12.0. The van der Waals surface area contributed by atoms with Gasteiger partial charge in [-0.3, -0.25) is 0 Å². The van der Waals surface area contributed by atoms with Crippen LogP contribution in [0.5, 0.6) is 0 Å². The molecule has 0 saturated carbocycles. The summed E-state index contributed by atoms with van der Waals surface area (Å²) in [6, 6.07) is -0.685. The average Bonchev–Trinajstić information content (AvgIpc) is 2.88. The van der Waals surface area contributed by atoms with Gasteiger partial charge in [-0.2, -0.15) is 0 Å². The highest BCUT2D eigenvalue weighted by molar-refractivity contribution is 5.83. The second-order valence-corrected chi connectivity index (χ2v) is 4.17. The van der Waals surface area contributed by atoms with Gasteiger partial charge < -0.3 is 14.9 Å². The fourth-order valence-electron chi connectivity index (χ4n) is 2.34. The number of carboxylic acid groups (broad SMARTS) is 1. The summed E-state index contributed by atoms with van der Waals surface area (Å²) in [6.07, 6.45) is 3.47. The van der Waals surface area contributed by atoms with Crippen LogP contribution < -0.4 is 0 Å². The summed E-state index contributed by atoms with van der Waals surface area (Å²) >= 11 is 0. The van der Waals surface area contributed by atoms with Crippen molar-refractivity contribution < 1.29 is 14.7 Å². The zero-order chi connectivity index (χ0) is 10.8. The highest BCUT2D eigenvalue weighted by atomic mass is 16.4. The minimum absolute atomic E-state index is 0.0857. The molecule has 0 aliphatic carbocycles. The predicted octanol–water partition coefficient (Wildman–Crippen LogP) is 0.751. The van der Waals surface area contributed by atoms with E-state index >= 15 is 0 Å². The number of carboxylic acids is 1. The molecule has 84 valence electrons. The summed E-state index contributed by atoms with van der Waals surface area (Å²) in [6.45, 7) is 2.15. The van der Waals surface area contributed by atoms with Crippen molar-refractivity contribution in [3.63, 3.8) is 0 Å². The lowest BCUT2D eigenvalue weighted by atomic mass is 10.2. The summed E-state index contributed by atoms with van der Waals surface area (Å²) in [5.74, 6) is -0.875. The van der Waals surface area contributed by atoms with Crippen LogP contribution in [0.15, 0.2) is 0 Å². The summed E-state index contributed by atoms with van der Waals surface area (Å²) < 4.78 is 0. The highest BCUT2D eigenvalue weighted by Crippen LogP contribution is 2.21. The van der Waals surface area contributed by atoms with Crippen LogP contribution in [0.4, 0.5) is 4.79 Å². The van der Waals surface area contributed by atoms with Crippen molar-refractivity contribution in [3.05, 3.63) is 0 Å². The van der Waals surface area contributed by atoms with E-state index in [1.54, 1.807) is 4.90 Å². The highest BCUT2D eigenvalue weighted by Gasteiger charge is 2.36. The van der Waals surface area contributed by atoms with Crippen LogP contribution in [-0.2, 0) is 4.79 Å². The van der Waals surface area contributed by atoms with Crippen molar-refractivity contribution in [2.75, 3.05) is 19.6 Å². The molecular weight excluding hydrogens is 196 g/mol. The van der Waals surface area contributed by atoms with Gasteiger partial charge in [-0.1, -0.05) is 0 Å². The van der Waals surface area contributed by atoms with Crippen molar-refractivity contribution in [1.29, 1.82) is 0 Å². The third-order valence-corrected chi connectivity index (χ3v) is 3.16. The van der Waals surface area contributed by atoms with Gasteiger partial charge in [0.05, 0.1) is 0 Å². The third kappa shape index (κ3) is 1.91. The molecule has 0 aromatic rings. The molecule has 2 saturated heterocycles. The van der Waals surface area contributed by atoms with E-state index in [-0.39, 0.29) is 6.03 Å². The first-order chi connectivity index (χ1) is 7.20. The van der Waals surface area contributed by atoms with Gasteiger partial charge in [-0.25, -0.2) is 9.59 Å². The lowest BCUT2D eigenvalue weighted by Crippen LogP contribution is -2.47. The molecule has 2 rings (SSSR count). The Morgan fingerprint density at radius 1 is 1.07 bits per heavy atom. The first-order valence-electron chi connectivity index (χ1n) is 5.48. The quantitative estimate of drug-likeness (QED) is 0.697. The Balaban J connectivity index is 2.02. The zero-order valence-electron chi connectivity index (χ0n) is 8.69. The minimum atomic E-state index is -0.875. The van der Waals surface area contributed by atoms with E-state index in [0.29, 0.717) is 13.0 Å². The van der Waals surface area contributed by atoms with Gasteiger partial charge in [0, 0.05) is 19.6 Å². The number of rotatable bonds is 1. The van der Waals surface area contributed by atoms with Crippen LogP contribution in [0.3, 0.4) is 0 Å². The smallest absolute Gasteiger partial charge is 0.326 e. The van der Waals surface area contributed by atoms with Crippen LogP contribution in [0.1, 0.15) is 25.7 Å². The SMILES string of the molecule is O=C(O)C1CCCN1C(=O)N1CCCC1. The molecule has 2 fully saturated rings. The number of hydrogen-bond acceptors (Lipinski definition) is 2. The Morgan fingerprint density at radius 3 is 2.33 bits per heavy atom. The Morgan fingerprint density at radius 2 is 1.73 bits per heavy atom. The van der Waals surface area contributed by atoms with Gasteiger partial charge in [0.1, 0.15) is 6.04 Å². The Hall–Kier alpha value is -1.26. The minimum Gasteiger partial charge on any atom is -0.480 e. The standard InChI is InChI=1S/C10H16N2O3/c13-9(14)8-4-3-7-12(8)10(15)11-5-1-2-6-11/h8H,1-7H2,(H,13,14). The van der Waals surface area contributed by atoms with Gasteiger partial charge in [0.15, 0.2) is 0 Å². The van der Waals surface area contributed by atoms with Gasteiger partial charge >= 0.3 is 12.0 Å². The molecule has 2 aliphatic rings. The number of amides is 2. The fourth-order valence-corrected chi connectivity index (χ4v) is 2.34. The number of urea groups is 1. The largest absolute Gasteiger partial charge is 0.480 e. The summed E-state index contributed by atoms with van der Waals surface area (Å²) in [5.41, 5.74) is 0. The van der Waals surface area contributed by atoms with E-state index in [9.17, 15) is 9.59 Å². The molecule has 5 nitrogen and oxygen atoms in total. The van der Waals surface area contributed by atoms with Crippen molar-refractivity contribution in [2.24, 2.45) is 0 Å². The Kier molecular flexibility index (Phi) is 2.79. The molecule has 0 aromatic carbocycles. The van der Waals surface area contributed by atoms with Crippen LogP contribution >= 0.6 is 0 Å². The molecule has 1 N–H and O–H groups in total. The van der Waals surface area contributed by atoms with E-state index in [2.05, 4.69) is 0 Å². The molecule has 1 atom stereocenters. The van der Waals surface area contributed by atoms with Crippen LogP contribution in [0.2, 0.25) is 0 Å². The van der Waals surface area contributed by atoms with E-state index in [1.807, 2.05) is 0 Å². The second-order valence-electron chi connectivity index (χ2n) is 4.17. The molecule has 0 aromatic heterocycles. The van der Waals surface area contributed by atoms with E-state index < -0.39 is 12.0 Å². The maximum Gasteiger partial charge on any atom is 0.326 e. The maximum atomic E-state index is 12.0. The molecule has 2 aliphatic heterocycles. The second kappa shape index (κ2) is 4.08. The molecule has 2 heterocycles. The molecule has 5 heteroatoms. The summed E-state index contributed by atoms with van der Waals surface area (Å²) in [7, 11) is 0. The Bertz CT molecular complexity index is 274. The molecule has 15 heavy (non-hydrogen) atoms. The van der Waals surface area contributed by atoms with Gasteiger partial charge in [-0.05, 0) is 25.7 Å². The number of hydrogen-bond donors (Lipinski definition) is 1. The van der Waals surface area contributed by atoms with Gasteiger partial charge in [0.2, 0.25) is 0 Å². The molecule has 0 spiro atoms. The van der Waals surface area contributed by atoms with Crippen molar-refractivity contribution in [2.45, 2.75) is 31.7 Å². The fraction of sp³-hybridized carbons (Fsp3) is 0.800. The topological polar surface area (TPSA) is 60.9 Å². The Labute approximate surface area is 88.6 Å². The molecule has 2 amide bonds. The lowest BCUT2D eigenvalue weighted by Gasteiger charge is -2.27. The number of likely N-dealkylation sites (tertiary alicyclic amines) is 2. The normalized spacial score (nSPS) is 26.0. The third-order valence-electron chi connectivity index (χ3n) is 3.16.